The topological polar surface area (TPSA) is 12.0 Å². The van der Waals surface area contributed by atoms with Crippen molar-refractivity contribution >= 4 is 17.3 Å². The summed E-state index contributed by atoms with van der Waals surface area (Å²) in [6.45, 7) is 0.136. The maximum atomic E-state index is 13.5. The van der Waals surface area contributed by atoms with Gasteiger partial charge in [-0.05, 0) is 18.2 Å². The first-order chi connectivity index (χ1) is 8.58. The van der Waals surface area contributed by atoms with E-state index in [4.69, 9.17) is 11.6 Å². The summed E-state index contributed by atoms with van der Waals surface area (Å²) < 4.78 is 39.2. The predicted molar refractivity (Wildman–Crippen MR) is 65.1 cm³/mol. The van der Waals surface area contributed by atoms with Gasteiger partial charge in [0.15, 0.2) is 11.6 Å². The van der Waals surface area contributed by atoms with Crippen LogP contribution in [0.25, 0.3) is 0 Å². The molecule has 0 aliphatic carbocycles. The van der Waals surface area contributed by atoms with Gasteiger partial charge in [0, 0.05) is 23.9 Å². The highest BCUT2D eigenvalue weighted by Crippen LogP contribution is 2.19. The van der Waals surface area contributed by atoms with Gasteiger partial charge >= 0.3 is 0 Å². The van der Waals surface area contributed by atoms with Crippen LogP contribution in [0.15, 0.2) is 36.4 Å². The van der Waals surface area contributed by atoms with Gasteiger partial charge in [0.25, 0.3) is 0 Å². The van der Waals surface area contributed by atoms with Gasteiger partial charge in [-0.15, -0.1) is 0 Å². The highest BCUT2D eigenvalue weighted by atomic mass is 35.5. The predicted octanol–water partition coefficient (Wildman–Crippen LogP) is 4.37. The number of anilines is 1. The molecule has 0 bridgehead atoms. The Morgan fingerprint density at radius 2 is 1.78 bits per heavy atom. The van der Waals surface area contributed by atoms with E-state index >= 15 is 0 Å². The monoisotopic (exact) mass is 271 g/mol. The zero-order valence-corrected chi connectivity index (χ0v) is 9.94. The molecule has 5 heteroatoms. The van der Waals surface area contributed by atoms with E-state index in [1.54, 1.807) is 12.1 Å². The summed E-state index contributed by atoms with van der Waals surface area (Å²) in [5.74, 6) is -2.39. The third-order valence-corrected chi connectivity index (χ3v) is 2.73. The molecule has 0 spiro atoms. The first kappa shape index (κ1) is 12.8. The van der Waals surface area contributed by atoms with Gasteiger partial charge in [-0.3, -0.25) is 0 Å². The van der Waals surface area contributed by atoms with Gasteiger partial charge in [0.05, 0.1) is 5.02 Å². The van der Waals surface area contributed by atoms with Gasteiger partial charge in [0.2, 0.25) is 0 Å². The second-order valence-corrected chi connectivity index (χ2v) is 4.10. The summed E-state index contributed by atoms with van der Waals surface area (Å²) in [6, 6.07) is 8.02. The second kappa shape index (κ2) is 5.31. The Bertz CT molecular complexity index is 572. The molecule has 0 saturated carbocycles. The number of nitrogens with one attached hydrogen (secondary N) is 1. The van der Waals surface area contributed by atoms with Crippen LogP contribution < -0.4 is 5.32 Å². The van der Waals surface area contributed by atoms with Crippen molar-refractivity contribution < 1.29 is 13.2 Å². The minimum Gasteiger partial charge on any atom is -0.381 e. The molecule has 0 aromatic heterocycles. The fourth-order valence-corrected chi connectivity index (χ4v) is 1.68. The highest BCUT2D eigenvalue weighted by molar-refractivity contribution is 6.30. The van der Waals surface area contributed by atoms with Gasteiger partial charge in [-0.25, -0.2) is 13.2 Å². The van der Waals surface area contributed by atoms with Gasteiger partial charge in [-0.1, -0.05) is 23.7 Å². The summed E-state index contributed by atoms with van der Waals surface area (Å²) >= 11 is 5.63. The largest absolute Gasteiger partial charge is 0.381 e. The standard InChI is InChI=1S/C13H9ClF3N/c14-10-3-1-2-8(13(10)17)7-18-9-4-5-11(15)12(16)6-9/h1-6,18H,7H2. The van der Waals surface area contributed by atoms with E-state index in [2.05, 4.69) is 5.32 Å². The first-order valence-electron chi connectivity index (χ1n) is 5.20. The van der Waals surface area contributed by atoms with E-state index in [0.717, 1.165) is 12.1 Å². The summed E-state index contributed by atoms with van der Waals surface area (Å²) in [5.41, 5.74) is 0.723. The van der Waals surface area contributed by atoms with Crippen molar-refractivity contribution in [2.75, 3.05) is 5.32 Å². The van der Waals surface area contributed by atoms with Crippen LogP contribution in [0.2, 0.25) is 5.02 Å². The smallest absolute Gasteiger partial charge is 0.160 e. The number of rotatable bonds is 3. The Morgan fingerprint density at radius 3 is 2.50 bits per heavy atom. The van der Waals surface area contributed by atoms with Gasteiger partial charge in [0.1, 0.15) is 5.82 Å². The maximum Gasteiger partial charge on any atom is 0.160 e. The van der Waals surface area contributed by atoms with Crippen molar-refractivity contribution in [3.63, 3.8) is 0 Å². The summed E-state index contributed by atoms with van der Waals surface area (Å²) in [5, 5.41) is 2.82. The fourth-order valence-electron chi connectivity index (χ4n) is 1.49. The van der Waals surface area contributed by atoms with Crippen molar-refractivity contribution in [3.8, 4) is 0 Å². The fraction of sp³-hybridized carbons (Fsp3) is 0.0769. The maximum absolute atomic E-state index is 13.5. The average Bonchev–Trinajstić information content (AvgIpc) is 2.35. The van der Waals surface area contributed by atoms with E-state index in [0.29, 0.717) is 11.3 Å². The van der Waals surface area contributed by atoms with Crippen LogP contribution in [0, 0.1) is 17.5 Å². The minimum atomic E-state index is -0.952. The normalized spacial score (nSPS) is 10.4. The minimum absolute atomic E-state index is 0.0274. The van der Waals surface area contributed by atoms with Crippen LogP contribution in [0.1, 0.15) is 5.56 Å². The molecule has 94 valence electrons. The molecular weight excluding hydrogens is 263 g/mol. The van der Waals surface area contributed by atoms with Crippen LogP contribution in [0.4, 0.5) is 18.9 Å². The zero-order valence-electron chi connectivity index (χ0n) is 9.18. The van der Waals surface area contributed by atoms with Crippen molar-refractivity contribution in [1.82, 2.24) is 0 Å². The summed E-state index contributed by atoms with van der Waals surface area (Å²) in [4.78, 5) is 0. The molecule has 1 N–H and O–H groups in total. The van der Waals surface area contributed by atoms with Gasteiger partial charge in [-0.2, -0.15) is 0 Å². The third-order valence-electron chi connectivity index (χ3n) is 2.43. The molecule has 0 fully saturated rings. The number of hydrogen-bond donors (Lipinski definition) is 1. The van der Waals surface area contributed by atoms with E-state index in [-0.39, 0.29) is 11.6 Å². The zero-order chi connectivity index (χ0) is 13.1. The number of benzene rings is 2. The summed E-state index contributed by atoms with van der Waals surface area (Å²) in [6.07, 6.45) is 0. The van der Waals surface area contributed by atoms with E-state index in [1.807, 2.05) is 0 Å². The molecule has 2 rings (SSSR count). The molecule has 0 heterocycles. The number of halogens is 4. The van der Waals surface area contributed by atoms with Gasteiger partial charge < -0.3 is 5.32 Å². The highest BCUT2D eigenvalue weighted by Gasteiger charge is 2.07. The second-order valence-electron chi connectivity index (χ2n) is 3.70. The Balaban J connectivity index is 2.11. The van der Waals surface area contributed by atoms with Crippen LogP contribution in [-0.2, 0) is 6.54 Å². The molecule has 0 radical (unpaired) electrons. The SMILES string of the molecule is Fc1ccc(NCc2cccc(Cl)c2F)cc1F. The van der Waals surface area contributed by atoms with E-state index in [1.165, 1.54) is 12.1 Å². The number of hydrogen-bond acceptors (Lipinski definition) is 1. The lowest BCUT2D eigenvalue weighted by Gasteiger charge is -2.08. The Hall–Kier alpha value is -1.68. The Kier molecular flexibility index (Phi) is 3.77. The molecular formula is C13H9ClF3N. The molecule has 1 nitrogen and oxygen atoms in total. The average molecular weight is 272 g/mol. The lowest BCUT2D eigenvalue weighted by atomic mass is 10.2. The first-order valence-corrected chi connectivity index (χ1v) is 5.57. The van der Waals surface area contributed by atoms with Crippen molar-refractivity contribution in [2.45, 2.75) is 6.54 Å². The van der Waals surface area contributed by atoms with Crippen LogP contribution >= 0.6 is 11.6 Å². The lowest BCUT2D eigenvalue weighted by molar-refractivity contribution is 0.509. The molecule has 0 atom stereocenters. The molecule has 2 aromatic carbocycles. The molecule has 0 aliphatic rings. The Labute approximate surface area is 107 Å². The Morgan fingerprint density at radius 1 is 1.00 bits per heavy atom. The van der Waals surface area contributed by atoms with Crippen LogP contribution in [-0.4, -0.2) is 0 Å². The molecule has 0 saturated heterocycles. The van der Waals surface area contributed by atoms with E-state index in [9.17, 15) is 13.2 Å². The van der Waals surface area contributed by atoms with E-state index < -0.39 is 17.5 Å². The molecule has 2 aromatic rings. The van der Waals surface area contributed by atoms with Crippen LogP contribution in [0.5, 0.6) is 0 Å². The van der Waals surface area contributed by atoms with Crippen molar-refractivity contribution in [2.24, 2.45) is 0 Å². The summed E-state index contributed by atoms with van der Waals surface area (Å²) in [7, 11) is 0. The molecule has 0 aliphatic heterocycles. The molecule has 0 unspecified atom stereocenters. The van der Waals surface area contributed by atoms with Crippen LogP contribution in [0.3, 0.4) is 0 Å². The quantitative estimate of drug-likeness (QED) is 0.874. The lowest BCUT2D eigenvalue weighted by Crippen LogP contribution is -2.02. The molecule has 18 heavy (non-hydrogen) atoms. The van der Waals surface area contributed by atoms with Crippen molar-refractivity contribution in [3.05, 3.63) is 64.4 Å². The van der Waals surface area contributed by atoms with Crippen molar-refractivity contribution in [1.29, 1.82) is 0 Å². The molecule has 0 amide bonds. The third kappa shape index (κ3) is 2.76.